The molecule has 1 aliphatic rings. The fraction of sp³-hybridized carbons (Fsp3) is 0.0625. The lowest BCUT2D eigenvalue weighted by Crippen LogP contribution is -2.19. The molecule has 2 amide bonds. The number of amidine groups is 1. The largest absolute Gasteiger partial charge is 0.322 e. The molecule has 1 saturated heterocycles. The molecule has 0 saturated carbocycles. The van der Waals surface area contributed by atoms with E-state index in [9.17, 15) is 19.7 Å². The summed E-state index contributed by atoms with van der Waals surface area (Å²) in [6.45, 7) is 3.73. The molecule has 1 aromatic heterocycles. The van der Waals surface area contributed by atoms with Crippen LogP contribution in [-0.4, -0.2) is 26.9 Å². The van der Waals surface area contributed by atoms with Crippen molar-refractivity contribution >= 4 is 96.8 Å². The van der Waals surface area contributed by atoms with Crippen LogP contribution in [0.25, 0.3) is 16.3 Å². The molecule has 6 rings (SSSR count). The number of aryl methyl sites for hydroxylation is 1. The lowest BCUT2D eigenvalue weighted by molar-refractivity contribution is -0.387. The highest BCUT2D eigenvalue weighted by Crippen LogP contribution is 2.40. The normalized spacial score (nSPS) is 14.7. The van der Waals surface area contributed by atoms with Crippen molar-refractivity contribution in [2.75, 3.05) is 5.32 Å². The van der Waals surface area contributed by atoms with Gasteiger partial charge in [0.05, 0.1) is 30.6 Å². The molecule has 2 N–H and O–H groups in total. The van der Waals surface area contributed by atoms with Crippen molar-refractivity contribution in [2.24, 2.45) is 4.99 Å². The second kappa shape index (κ2) is 12.9. The monoisotopic (exact) mass is 671 g/mol. The Morgan fingerprint density at radius 3 is 2.71 bits per heavy atom. The van der Waals surface area contributed by atoms with E-state index in [2.05, 4.69) is 20.6 Å². The molecular weight excluding hydrogens is 650 g/mol. The Hall–Kier alpha value is -4.49. The van der Waals surface area contributed by atoms with Gasteiger partial charge in [-0.1, -0.05) is 53.7 Å². The van der Waals surface area contributed by atoms with E-state index in [0.29, 0.717) is 46.8 Å². The van der Waals surface area contributed by atoms with Gasteiger partial charge in [-0.25, -0.2) is 9.98 Å². The summed E-state index contributed by atoms with van der Waals surface area (Å²) in [6.07, 6.45) is 1.60. The number of hydrogen-bond acceptors (Lipinski definition) is 9. The zero-order valence-corrected chi connectivity index (χ0v) is 26.9. The van der Waals surface area contributed by atoms with Crippen molar-refractivity contribution in [2.45, 2.75) is 23.1 Å². The van der Waals surface area contributed by atoms with Gasteiger partial charge in [0, 0.05) is 22.3 Å². The second-order valence-corrected chi connectivity index (χ2v) is 13.6. The average molecular weight is 672 g/mol. The number of aromatic nitrogens is 1. The number of thioether (sulfide) groups is 1. The molecule has 9 nitrogen and oxygen atoms in total. The molecule has 1 aliphatic heterocycles. The number of carbonyl (C=O) groups excluding carboxylic acids is 2. The summed E-state index contributed by atoms with van der Waals surface area (Å²) in [5, 5.41) is 18.7. The van der Waals surface area contributed by atoms with E-state index in [1.807, 2.05) is 44.2 Å². The van der Waals surface area contributed by atoms with Gasteiger partial charge in [-0.15, -0.1) is 11.3 Å². The third kappa shape index (κ3) is 6.79. The number of fused-ring (bicyclic) bond motifs is 1. The maximum atomic E-state index is 12.8. The predicted molar refractivity (Wildman–Crippen MR) is 183 cm³/mol. The van der Waals surface area contributed by atoms with Gasteiger partial charge in [-0.05, 0) is 90.8 Å². The highest BCUT2D eigenvalue weighted by atomic mass is 35.5. The van der Waals surface area contributed by atoms with Crippen molar-refractivity contribution < 1.29 is 14.5 Å². The van der Waals surface area contributed by atoms with Crippen molar-refractivity contribution in [3.8, 4) is 0 Å². The van der Waals surface area contributed by atoms with E-state index in [0.717, 1.165) is 33.1 Å². The summed E-state index contributed by atoms with van der Waals surface area (Å²) in [7, 11) is 0. The maximum absolute atomic E-state index is 12.8. The van der Waals surface area contributed by atoms with E-state index in [1.54, 1.807) is 48.5 Å². The smallest absolute Gasteiger partial charge is 0.283 e. The van der Waals surface area contributed by atoms with Crippen LogP contribution < -0.4 is 10.6 Å². The van der Waals surface area contributed by atoms with Crippen LogP contribution in [0.5, 0.6) is 0 Å². The molecule has 0 aliphatic carbocycles. The van der Waals surface area contributed by atoms with Crippen LogP contribution >= 0.6 is 46.5 Å². The third-order valence-corrected chi connectivity index (χ3v) is 10.3. The van der Waals surface area contributed by atoms with E-state index < -0.39 is 4.92 Å². The second-order valence-electron chi connectivity index (χ2n) is 9.88. The fourth-order valence-corrected chi connectivity index (χ4v) is 7.61. The Morgan fingerprint density at radius 1 is 1.09 bits per heavy atom. The standard InChI is InChI=1S/C32H22ClN5O4S3/c1-17-6-3-4-7-21(17)29(39)34-20-11-12-24-27(16-20)45-32(36-24)44-26-13-10-19(14-25(26)38(41)42)15-28-30(40)37-31(43-28)35-23-9-5-8-22(33)18(23)2/h3-16H,1-2H3,(H,34,39)(H,35,37,40)/b28-15-. The Balaban J connectivity index is 1.20. The van der Waals surface area contributed by atoms with Gasteiger partial charge in [-0.3, -0.25) is 19.7 Å². The number of nitro groups is 1. The Bertz CT molecular complexity index is 2090. The summed E-state index contributed by atoms with van der Waals surface area (Å²) in [5.41, 5.74) is 4.65. The molecule has 0 spiro atoms. The van der Waals surface area contributed by atoms with Crippen LogP contribution in [0.2, 0.25) is 5.02 Å². The first kappa shape index (κ1) is 30.5. The van der Waals surface area contributed by atoms with Crippen molar-refractivity contribution in [3.63, 3.8) is 0 Å². The van der Waals surface area contributed by atoms with E-state index in [1.165, 1.54) is 29.2 Å². The molecule has 5 aromatic rings. The SMILES string of the molecule is Cc1ccccc1C(=O)Nc1ccc2nc(Sc3ccc(/C=C4\SC(=Nc5cccc(Cl)c5C)NC4=O)cc3[N+](=O)[O-])sc2c1. The number of nitrogens with zero attached hydrogens (tertiary/aromatic N) is 3. The number of carbonyl (C=O) groups is 2. The minimum absolute atomic E-state index is 0.105. The summed E-state index contributed by atoms with van der Waals surface area (Å²) >= 11 is 9.90. The zero-order valence-electron chi connectivity index (χ0n) is 23.7. The lowest BCUT2D eigenvalue weighted by Gasteiger charge is -2.07. The maximum Gasteiger partial charge on any atom is 0.283 e. The van der Waals surface area contributed by atoms with Crippen molar-refractivity contribution in [1.29, 1.82) is 0 Å². The summed E-state index contributed by atoms with van der Waals surface area (Å²) in [4.78, 5) is 46.9. The van der Waals surface area contributed by atoms with Crippen LogP contribution in [0.4, 0.5) is 17.1 Å². The summed E-state index contributed by atoms with van der Waals surface area (Å²) in [6, 6.07) is 22.9. The minimum atomic E-state index is -0.451. The van der Waals surface area contributed by atoms with Crippen LogP contribution in [0.3, 0.4) is 0 Å². The predicted octanol–water partition coefficient (Wildman–Crippen LogP) is 8.77. The number of aliphatic imine (C=N–C) groups is 1. The van der Waals surface area contributed by atoms with E-state index >= 15 is 0 Å². The number of benzene rings is 4. The van der Waals surface area contributed by atoms with Gasteiger partial charge in [0.2, 0.25) is 0 Å². The van der Waals surface area contributed by atoms with Gasteiger partial charge in [-0.2, -0.15) is 0 Å². The molecule has 0 radical (unpaired) electrons. The number of nitrogens with one attached hydrogen (secondary N) is 2. The molecule has 0 atom stereocenters. The Labute approximate surface area is 275 Å². The van der Waals surface area contributed by atoms with Crippen molar-refractivity contribution in [1.82, 2.24) is 10.3 Å². The lowest BCUT2D eigenvalue weighted by atomic mass is 10.1. The minimum Gasteiger partial charge on any atom is -0.322 e. The van der Waals surface area contributed by atoms with Gasteiger partial charge in [0.1, 0.15) is 0 Å². The third-order valence-electron chi connectivity index (χ3n) is 6.80. The van der Waals surface area contributed by atoms with Gasteiger partial charge in [0.25, 0.3) is 17.5 Å². The first-order valence-corrected chi connectivity index (χ1v) is 16.3. The molecule has 13 heteroatoms. The summed E-state index contributed by atoms with van der Waals surface area (Å²) < 4.78 is 1.45. The number of nitro benzene ring substituents is 1. The van der Waals surface area contributed by atoms with E-state index in [4.69, 9.17) is 11.6 Å². The molecular formula is C32H22ClN5O4S3. The first-order valence-electron chi connectivity index (χ1n) is 13.4. The van der Waals surface area contributed by atoms with Gasteiger partial charge in [0.15, 0.2) is 9.51 Å². The Kier molecular flexibility index (Phi) is 8.72. The topological polar surface area (TPSA) is 127 Å². The zero-order chi connectivity index (χ0) is 31.7. The number of halogens is 1. The highest BCUT2D eigenvalue weighted by Gasteiger charge is 2.25. The molecule has 1 fully saturated rings. The number of amides is 2. The molecule has 224 valence electrons. The van der Waals surface area contributed by atoms with Gasteiger partial charge >= 0.3 is 0 Å². The molecule has 45 heavy (non-hydrogen) atoms. The first-order chi connectivity index (χ1) is 21.6. The number of thiazole rings is 1. The number of hydrogen-bond donors (Lipinski definition) is 2. The van der Waals surface area contributed by atoms with Crippen LogP contribution in [0, 0.1) is 24.0 Å². The quantitative estimate of drug-likeness (QED) is 0.101. The highest BCUT2D eigenvalue weighted by molar-refractivity contribution is 8.18. The van der Waals surface area contributed by atoms with Crippen LogP contribution in [0.15, 0.2) is 98.0 Å². The summed E-state index contributed by atoms with van der Waals surface area (Å²) in [5.74, 6) is -0.547. The molecule has 0 unspecified atom stereocenters. The van der Waals surface area contributed by atoms with E-state index in [-0.39, 0.29) is 17.5 Å². The molecule has 4 aromatic carbocycles. The van der Waals surface area contributed by atoms with Crippen molar-refractivity contribution in [3.05, 3.63) is 121 Å². The average Bonchev–Trinajstić information content (AvgIpc) is 3.57. The van der Waals surface area contributed by atoms with Crippen LogP contribution in [0.1, 0.15) is 27.0 Å². The Morgan fingerprint density at radius 2 is 1.91 bits per heavy atom. The van der Waals surface area contributed by atoms with Gasteiger partial charge < -0.3 is 10.6 Å². The fourth-order valence-electron chi connectivity index (χ4n) is 4.46. The number of rotatable bonds is 7. The number of anilines is 1. The molecule has 2 heterocycles. The van der Waals surface area contributed by atoms with Crippen LogP contribution in [-0.2, 0) is 4.79 Å². The molecule has 0 bridgehead atoms.